The lowest BCUT2D eigenvalue weighted by molar-refractivity contribution is 0.219. The van der Waals surface area contributed by atoms with Crippen LogP contribution in [0.5, 0.6) is 0 Å². The first kappa shape index (κ1) is 31.7. The van der Waals surface area contributed by atoms with Crippen LogP contribution in [-0.4, -0.2) is 103 Å². The molecule has 0 saturated heterocycles. The minimum Gasteiger partial charge on any atom is -0.366 e. The fraction of sp³-hybridized carbons (Fsp3) is 0.714. The molecule has 0 bridgehead atoms. The van der Waals surface area contributed by atoms with Gasteiger partial charge >= 0.3 is 12.1 Å². The molecular weight excluding hydrogens is 376 g/mol. The largest absolute Gasteiger partial charge is 0.366 e. The van der Waals surface area contributed by atoms with Crippen LogP contribution in [0, 0.1) is 0 Å². The van der Waals surface area contributed by atoms with Crippen molar-refractivity contribution >= 4 is 46.7 Å². The summed E-state index contributed by atoms with van der Waals surface area (Å²) in [7, 11) is 17.3. The van der Waals surface area contributed by atoms with Gasteiger partial charge < -0.3 is 41.7 Å². The van der Waals surface area contributed by atoms with Gasteiger partial charge in [-0.1, -0.05) is 0 Å². The smallest absolute Gasteiger partial charge is 0.316 e. The van der Waals surface area contributed by atoms with Gasteiger partial charge in [0, 0.05) is 70.5 Å². The monoisotopic (exact) mass is 412 g/mol. The van der Waals surface area contributed by atoms with Crippen LogP contribution in [0.2, 0.25) is 0 Å². The number of nitrogens with one attached hydrogen (secondary N) is 6. The molecular formula is C14H36N8O2S2. The van der Waals surface area contributed by atoms with Crippen molar-refractivity contribution in [1.29, 1.82) is 0 Å². The lowest BCUT2D eigenvalue weighted by Gasteiger charge is -2.11. The highest BCUT2D eigenvalue weighted by atomic mass is 32.1. The maximum atomic E-state index is 10.3. The third kappa shape index (κ3) is 29.9. The molecule has 0 unspecified atom stereocenters. The minimum absolute atomic E-state index is 0.0694. The number of thiocarbonyl (C=S) groups is 2. The van der Waals surface area contributed by atoms with Crippen LogP contribution in [-0.2, 0) is 0 Å². The zero-order chi connectivity index (χ0) is 21.7. The Morgan fingerprint density at radius 2 is 1.00 bits per heavy atom. The van der Waals surface area contributed by atoms with Gasteiger partial charge in [0.1, 0.15) is 0 Å². The van der Waals surface area contributed by atoms with Crippen LogP contribution in [0.15, 0.2) is 0 Å². The molecule has 6 N–H and O–H groups in total. The van der Waals surface area contributed by atoms with Crippen LogP contribution in [0.25, 0.3) is 0 Å². The lowest BCUT2D eigenvalue weighted by atomic mass is 10.8. The predicted molar refractivity (Wildman–Crippen MR) is 118 cm³/mol. The molecule has 0 spiro atoms. The molecule has 0 aliphatic rings. The van der Waals surface area contributed by atoms with E-state index in [0.29, 0.717) is 5.11 Å². The summed E-state index contributed by atoms with van der Waals surface area (Å²) in [5.41, 5.74) is 0. The van der Waals surface area contributed by atoms with E-state index in [0.717, 1.165) is 5.11 Å². The van der Waals surface area contributed by atoms with Crippen molar-refractivity contribution in [2.24, 2.45) is 0 Å². The maximum absolute atomic E-state index is 10.3. The highest BCUT2D eigenvalue weighted by Gasteiger charge is 1.94. The first-order chi connectivity index (χ1) is 12.0. The van der Waals surface area contributed by atoms with E-state index < -0.39 is 0 Å². The summed E-state index contributed by atoms with van der Waals surface area (Å²) in [4.78, 5) is 23.6. The fourth-order valence-corrected chi connectivity index (χ4v) is 0.697. The van der Waals surface area contributed by atoms with E-state index in [1.165, 1.54) is 4.90 Å². The molecule has 0 aromatic heterocycles. The van der Waals surface area contributed by atoms with E-state index in [1.54, 1.807) is 49.3 Å². The van der Waals surface area contributed by atoms with E-state index >= 15 is 0 Å². The Bertz CT molecular complexity index is 345. The molecule has 0 radical (unpaired) electrons. The third-order valence-corrected chi connectivity index (χ3v) is 3.13. The van der Waals surface area contributed by atoms with Crippen LogP contribution in [0.1, 0.15) is 0 Å². The number of hydrogen-bond donors (Lipinski definition) is 6. The van der Waals surface area contributed by atoms with E-state index in [4.69, 9.17) is 12.2 Å². The number of carbonyl (C=O) groups is 2. The molecule has 0 aliphatic heterocycles. The van der Waals surface area contributed by atoms with E-state index in [9.17, 15) is 9.59 Å². The second-order valence-electron chi connectivity index (χ2n) is 4.56. The molecule has 12 heteroatoms. The van der Waals surface area contributed by atoms with Crippen molar-refractivity contribution in [3.8, 4) is 0 Å². The van der Waals surface area contributed by atoms with Gasteiger partial charge in [-0.2, -0.15) is 0 Å². The standard InChI is InChI=1S/C4H10N2O.C4H10N2S.C3H8N2O.C3H8N2S/c2*1-5-4(7)6(2)3;2*1-4-3(6)5-2/h2*1-3H3,(H,5,7);2*1-2H3,(H2,4,5,6). The number of amides is 4. The van der Waals surface area contributed by atoms with Crippen molar-refractivity contribution in [2.75, 3.05) is 70.5 Å². The highest BCUT2D eigenvalue weighted by molar-refractivity contribution is 7.80. The Kier molecular flexibility index (Phi) is 27.9. The van der Waals surface area contributed by atoms with Crippen LogP contribution in [0.4, 0.5) is 9.59 Å². The predicted octanol–water partition coefficient (Wildman–Crippen LogP) is -0.805. The summed E-state index contributed by atoms with van der Waals surface area (Å²) < 4.78 is 0. The summed E-state index contributed by atoms with van der Waals surface area (Å²) >= 11 is 9.43. The zero-order valence-electron chi connectivity index (χ0n) is 17.5. The van der Waals surface area contributed by atoms with Gasteiger partial charge in [0.25, 0.3) is 0 Å². The number of hydrogen-bond acceptors (Lipinski definition) is 4. The molecule has 0 aromatic carbocycles. The lowest BCUT2D eigenvalue weighted by Crippen LogP contribution is -2.31. The fourth-order valence-electron chi connectivity index (χ4n) is 0.697. The number of rotatable bonds is 0. The summed E-state index contributed by atoms with van der Waals surface area (Å²) in [6, 6.07) is -0.227. The van der Waals surface area contributed by atoms with Crippen molar-refractivity contribution < 1.29 is 9.59 Å². The summed E-state index contributed by atoms with van der Waals surface area (Å²) in [5, 5.41) is 16.9. The van der Waals surface area contributed by atoms with Gasteiger partial charge in [0.05, 0.1) is 0 Å². The first-order valence-corrected chi connectivity index (χ1v) is 8.37. The molecule has 0 rings (SSSR count). The third-order valence-electron chi connectivity index (χ3n) is 2.15. The average molecular weight is 413 g/mol. The molecule has 10 nitrogen and oxygen atoms in total. The normalized spacial score (nSPS) is 7.46. The molecule has 0 saturated carbocycles. The van der Waals surface area contributed by atoms with Crippen LogP contribution < -0.4 is 31.9 Å². The molecule has 0 fully saturated rings. The summed E-state index contributed by atoms with van der Waals surface area (Å²) in [6.07, 6.45) is 0. The van der Waals surface area contributed by atoms with Gasteiger partial charge in [0.15, 0.2) is 10.2 Å². The van der Waals surface area contributed by atoms with Crippen molar-refractivity contribution in [2.45, 2.75) is 0 Å². The summed E-state index contributed by atoms with van der Waals surface area (Å²) in [6.45, 7) is 0. The number of carbonyl (C=O) groups excluding carboxylic acids is 2. The van der Waals surface area contributed by atoms with Crippen LogP contribution in [0.3, 0.4) is 0 Å². The Hall–Kier alpha value is -2.08. The molecule has 4 amide bonds. The van der Waals surface area contributed by atoms with Crippen LogP contribution >= 0.6 is 24.4 Å². The maximum Gasteiger partial charge on any atom is 0.316 e. The number of nitrogens with zero attached hydrogens (tertiary/aromatic N) is 2. The molecule has 0 aromatic rings. The van der Waals surface area contributed by atoms with Gasteiger partial charge in [0.2, 0.25) is 0 Å². The molecule has 0 atom stereocenters. The van der Waals surface area contributed by atoms with Crippen molar-refractivity contribution in [3.63, 3.8) is 0 Å². The highest BCUT2D eigenvalue weighted by Crippen LogP contribution is 1.72. The molecule has 0 heterocycles. The van der Waals surface area contributed by atoms with Gasteiger partial charge in [-0.25, -0.2) is 9.59 Å². The second kappa shape index (κ2) is 22.9. The number of urea groups is 2. The SMILES string of the molecule is CNC(=O)N(C)C.CNC(=O)NC.CNC(=S)N(C)C.CNC(=S)NC. The van der Waals surface area contributed by atoms with Gasteiger partial charge in [-0.3, -0.25) is 0 Å². The van der Waals surface area contributed by atoms with Gasteiger partial charge in [-0.15, -0.1) is 0 Å². The zero-order valence-corrected chi connectivity index (χ0v) is 19.2. The topological polar surface area (TPSA) is 113 Å². The second-order valence-corrected chi connectivity index (χ2v) is 5.35. The van der Waals surface area contributed by atoms with E-state index in [-0.39, 0.29) is 12.1 Å². The Morgan fingerprint density at radius 3 is 1.00 bits per heavy atom. The molecule has 156 valence electrons. The Morgan fingerprint density at radius 1 is 0.615 bits per heavy atom. The summed E-state index contributed by atoms with van der Waals surface area (Å²) in [5.74, 6) is 0. The van der Waals surface area contributed by atoms with Crippen molar-refractivity contribution in [1.82, 2.24) is 41.7 Å². The Labute approximate surface area is 168 Å². The van der Waals surface area contributed by atoms with Crippen molar-refractivity contribution in [3.05, 3.63) is 0 Å². The van der Waals surface area contributed by atoms with E-state index in [2.05, 4.69) is 44.1 Å². The van der Waals surface area contributed by atoms with E-state index in [1.807, 2.05) is 26.0 Å². The first-order valence-electron chi connectivity index (χ1n) is 7.55. The van der Waals surface area contributed by atoms with Gasteiger partial charge in [-0.05, 0) is 24.4 Å². The average Bonchev–Trinajstić information content (AvgIpc) is 2.66. The Balaban J connectivity index is -0.000000124. The quantitative estimate of drug-likeness (QED) is 0.287. The molecule has 0 aliphatic carbocycles. The minimum atomic E-state index is -0.157. The molecule has 26 heavy (non-hydrogen) atoms.